The van der Waals surface area contributed by atoms with Crippen LogP contribution in [0, 0.1) is 5.92 Å². The quantitative estimate of drug-likeness (QED) is 0.635. The molecule has 0 aliphatic rings. The van der Waals surface area contributed by atoms with Gasteiger partial charge >= 0.3 is 7.60 Å². The van der Waals surface area contributed by atoms with Crippen LogP contribution in [0.1, 0.15) is 51.8 Å². The predicted octanol–water partition coefficient (Wildman–Crippen LogP) is 4.33. The molecule has 1 aromatic carbocycles. The smallest absolute Gasteiger partial charge is 0.340 e. The fourth-order valence-corrected chi connectivity index (χ4v) is 3.97. The zero-order valence-corrected chi connectivity index (χ0v) is 16.3. The van der Waals surface area contributed by atoms with Crippen LogP contribution in [0.15, 0.2) is 24.3 Å². The second-order valence-electron chi connectivity index (χ2n) is 6.23. The lowest BCUT2D eigenvalue weighted by atomic mass is 10.00. The molecule has 1 unspecified atom stereocenters. The van der Waals surface area contributed by atoms with Gasteiger partial charge in [0.1, 0.15) is 6.16 Å². The van der Waals surface area contributed by atoms with Crippen molar-refractivity contribution >= 4 is 13.5 Å². The molecule has 0 saturated carbocycles. The molecule has 0 radical (unpaired) electrons. The maximum Gasteiger partial charge on any atom is 0.340 e. The topological polar surface area (TPSA) is 64.6 Å². The molecular weight excluding hydrogens is 325 g/mol. The van der Waals surface area contributed by atoms with Crippen LogP contribution in [0.5, 0.6) is 0 Å². The zero-order valence-electron chi connectivity index (χ0n) is 15.4. The maximum absolute atomic E-state index is 12.4. The Labute approximate surface area is 145 Å². The highest BCUT2D eigenvalue weighted by atomic mass is 31.2. The van der Waals surface area contributed by atoms with Crippen LogP contribution in [-0.2, 0) is 24.8 Å². The number of benzene rings is 1. The predicted molar refractivity (Wildman–Crippen MR) is 97.3 cm³/mol. The molecule has 136 valence electrons. The van der Waals surface area contributed by atoms with Crippen molar-refractivity contribution in [1.29, 1.82) is 0 Å². The van der Waals surface area contributed by atoms with Gasteiger partial charge in [-0.2, -0.15) is 0 Å². The molecule has 0 heterocycles. The third-order valence-electron chi connectivity index (χ3n) is 3.49. The Balaban J connectivity index is 2.64. The van der Waals surface area contributed by atoms with Crippen LogP contribution < -0.4 is 5.32 Å². The lowest BCUT2D eigenvalue weighted by molar-refractivity contribution is -0.119. The molecule has 0 bridgehead atoms. The Bertz CT molecular complexity index is 547. The number of carbonyl (C=O) groups is 1. The molecule has 1 rings (SSSR count). The molecule has 0 aromatic heterocycles. The highest BCUT2D eigenvalue weighted by Gasteiger charge is 2.28. The summed E-state index contributed by atoms with van der Waals surface area (Å²) in [6, 6.07) is 8.05. The number of hydrogen-bond donors (Lipinski definition) is 1. The van der Waals surface area contributed by atoms with Crippen LogP contribution in [0.25, 0.3) is 0 Å². The van der Waals surface area contributed by atoms with Gasteiger partial charge in [0.2, 0.25) is 5.91 Å². The highest BCUT2D eigenvalue weighted by molar-refractivity contribution is 7.54. The van der Waals surface area contributed by atoms with E-state index >= 15 is 0 Å². The lowest BCUT2D eigenvalue weighted by Gasteiger charge is -2.19. The van der Waals surface area contributed by atoms with Gasteiger partial charge in [0, 0.05) is 0 Å². The molecule has 1 N–H and O–H groups in total. The van der Waals surface area contributed by atoms with Crippen molar-refractivity contribution in [3.63, 3.8) is 0 Å². The largest absolute Gasteiger partial charge is 0.349 e. The molecule has 1 atom stereocenters. The van der Waals surface area contributed by atoms with E-state index in [4.69, 9.17) is 9.05 Å². The molecule has 0 fully saturated rings. The van der Waals surface area contributed by atoms with E-state index in [2.05, 4.69) is 31.3 Å². The van der Waals surface area contributed by atoms with Gasteiger partial charge in [0.05, 0.1) is 19.3 Å². The summed E-state index contributed by atoms with van der Waals surface area (Å²) in [5.74, 6) is 0.276. The van der Waals surface area contributed by atoms with Crippen LogP contribution in [0.2, 0.25) is 0 Å². The molecule has 24 heavy (non-hydrogen) atoms. The first-order chi connectivity index (χ1) is 11.3. The molecule has 0 aliphatic carbocycles. The molecule has 6 heteroatoms. The average Bonchev–Trinajstić information content (AvgIpc) is 2.47. The third kappa shape index (κ3) is 7.16. The van der Waals surface area contributed by atoms with Gasteiger partial charge in [-0.25, -0.2) is 0 Å². The van der Waals surface area contributed by atoms with Gasteiger partial charge in [-0.05, 0) is 44.2 Å². The van der Waals surface area contributed by atoms with E-state index in [1.165, 1.54) is 5.56 Å². The second-order valence-corrected chi connectivity index (χ2v) is 8.29. The molecule has 1 amide bonds. The SMILES string of the molecule is CCOP(=O)(CC(=O)NC(C)c1ccc(CC(C)C)cc1)OCC. The Morgan fingerprint density at radius 1 is 1.08 bits per heavy atom. The molecule has 0 aliphatic heterocycles. The second kappa shape index (κ2) is 9.97. The third-order valence-corrected chi connectivity index (χ3v) is 5.47. The summed E-state index contributed by atoms with van der Waals surface area (Å²) < 4.78 is 22.7. The van der Waals surface area contributed by atoms with Gasteiger partial charge in [0.15, 0.2) is 0 Å². The first-order valence-electron chi connectivity index (χ1n) is 8.56. The number of nitrogens with one attached hydrogen (secondary N) is 1. The van der Waals surface area contributed by atoms with E-state index in [0.717, 1.165) is 12.0 Å². The molecular formula is C18H30NO4P. The summed E-state index contributed by atoms with van der Waals surface area (Å²) in [6.07, 6.45) is 0.775. The molecule has 0 saturated heterocycles. The number of amides is 1. The Morgan fingerprint density at radius 3 is 2.08 bits per heavy atom. The normalized spacial score (nSPS) is 13.1. The van der Waals surface area contributed by atoms with Crippen molar-refractivity contribution in [2.45, 2.75) is 47.1 Å². The van der Waals surface area contributed by atoms with E-state index < -0.39 is 7.60 Å². The minimum atomic E-state index is -3.36. The van der Waals surface area contributed by atoms with E-state index in [1.54, 1.807) is 13.8 Å². The van der Waals surface area contributed by atoms with Gasteiger partial charge in [0.25, 0.3) is 0 Å². The van der Waals surface area contributed by atoms with Gasteiger partial charge in [-0.3, -0.25) is 9.36 Å². The van der Waals surface area contributed by atoms with Crippen molar-refractivity contribution < 1.29 is 18.4 Å². The summed E-state index contributed by atoms with van der Waals surface area (Å²) >= 11 is 0. The van der Waals surface area contributed by atoms with Crippen LogP contribution in [0.4, 0.5) is 0 Å². The van der Waals surface area contributed by atoms with Gasteiger partial charge in [-0.1, -0.05) is 38.1 Å². The van der Waals surface area contributed by atoms with Crippen molar-refractivity contribution in [3.8, 4) is 0 Å². The highest BCUT2D eigenvalue weighted by Crippen LogP contribution is 2.47. The standard InChI is InChI=1S/C18H30NO4P/c1-6-22-24(21,23-7-2)13-18(20)19-15(5)17-10-8-16(9-11-17)12-14(3)4/h8-11,14-15H,6-7,12-13H2,1-5H3,(H,19,20). The molecule has 0 spiro atoms. The van der Waals surface area contributed by atoms with E-state index in [-0.39, 0.29) is 31.3 Å². The monoisotopic (exact) mass is 355 g/mol. The first kappa shape index (κ1) is 20.9. The minimum absolute atomic E-state index is 0.165. The number of carbonyl (C=O) groups excluding carboxylic acids is 1. The van der Waals surface area contributed by atoms with Crippen LogP contribution in [0.3, 0.4) is 0 Å². The van der Waals surface area contributed by atoms with Crippen LogP contribution in [-0.4, -0.2) is 25.3 Å². The van der Waals surface area contributed by atoms with Gasteiger partial charge in [-0.15, -0.1) is 0 Å². The lowest BCUT2D eigenvalue weighted by Crippen LogP contribution is -2.29. The van der Waals surface area contributed by atoms with E-state index in [1.807, 2.05) is 19.1 Å². The van der Waals surface area contributed by atoms with Crippen molar-refractivity contribution in [3.05, 3.63) is 35.4 Å². The van der Waals surface area contributed by atoms with Crippen molar-refractivity contribution in [2.24, 2.45) is 5.92 Å². The maximum atomic E-state index is 12.4. The summed E-state index contributed by atoms with van der Waals surface area (Å²) in [7, 11) is -3.36. The number of rotatable bonds is 10. The fraction of sp³-hybridized carbons (Fsp3) is 0.611. The summed E-state index contributed by atoms with van der Waals surface area (Å²) in [4.78, 5) is 12.2. The summed E-state index contributed by atoms with van der Waals surface area (Å²) in [6.45, 7) is 10.2. The molecule has 5 nitrogen and oxygen atoms in total. The van der Waals surface area contributed by atoms with Crippen LogP contribution >= 0.6 is 7.60 Å². The van der Waals surface area contributed by atoms with E-state index in [9.17, 15) is 9.36 Å². The van der Waals surface area contributed by atoms with Crippen molar-refractivity contribution in [2.75, 3.05) is 19.4 Å². The summed E-state index contributed by atoms with van der Waals surface area (Å²) in [5, 5.41) is 2.86. The number of hydrogen-bond acceptors (Lipinski definition) is 4. The Hall–Kier alpha value is -1.16. The molecule has 1 aromatic rings. The Morgan fingerprint density at radius 2 is 1.62 bits per heavy atom. The minimum Gasteiger partial charge on any atom is -0.349 e. The Kier molecular flexibility index (Phi) is 8.68. The van der Waals surface area contributed by atoms with E-state index in [0.29, 0.717) is 5.92 Å². The zero-order chi connectivity index (χ0) is 18.2. The first-order valence-corrected chi connectivity index (χ1v) is 10.3. The van der Waals surface area contributed by atoms with Gasteiger partial charge < -0.3 is 14.4 Å². The fourth-order valence-electron chi connectivity index (χ4n) is 2.48. The average molecular weight is 355 g/mol. The van der Waals surface area contributed by atoms with Crippen molar-refractivity contribution in [1.82, 2.24) is 5.32 Å². The summed E-state index contributed by atoms with van der Waals surface area (Å²) in [5.41, 5.74) is 2.29.